The van der Waals surface area contributed by atoms with Crippen molar-refractivity contribution >= 4 is 39.1 Å². The van der Waals surface area contributed by atoms with E-state index < -0.39 is 9.84 Å². The Labute approximate surface area is 158 Å². The van der Waals surface area contributed by atoms with Gasteiger partial charge in [-0.25, -0.2) is 13.2 Å². The molecule has 1 heterocycles. The van der Waals surface area contributed by atoms with E-state index in [0.29, 0.717) is 32.8 Å². The number of carbonyl (C=O) groups excluding carboxylic acids is 2. The van der Waals surface area contributed by atoms with Crippen molar-refractivity contribution in [2.75, 3.05) is 50.9 Å². The zero-order valence-electron chi connectivity index (χ0n) is 14.7. The van der Waals surface area contributed by atoms with Crippen molar-refractivity contribution in [2.45, 2.75) is 11.8 Å². The lowest BCUT2D eigenvalue weighted by Gasteiger charge is -2.33. The number of halogens is 1. The second-order valence-electron chi connectivity index (χ2n) is 5.92. The highest BCUT2D eigenvalue weighted by Gasteiger charge is 2.23. The number of rotatable bonds is 5. The van der Waals surface area contributed by atoms with Gasteiger partial charge >= 0.3 is 6.09 Å². The molecular weight excluding hydrogens is 382 g/mol. The van der Waals surface area contributed by atoms with Crippen molar-refractivity contribution in [2.24, 2.45) is 0 Å². The molecule has 0 aliphatic carbocycles. The first-order chi connectivity index (χ1) is 12.2. The molecule has 1 aromatic carbocycles. The first-order valence-electron chi connectivity index (χ1n) is 8.14. The summed E-state index contributed by atoms with van der Waals surface area (Å²) in [4.78, 5) is 27.5. The van der Waals surface area contributed by atoms with Crippen LogP contribution in [-0.2, 0) is 19.4 Å². The minimum atomic E-state index is -3.39. The Balaban J connectivity index is 1.91. The molecule has 0 aromatic heterocycles. The highest BCUT2D eigenvalue weighted by molar-refractivity contribution is 7.90. The molecule has 2 rings (SSSR count). The van der Waals surface area contributed by atoms with Gasteiger partial charge in [-0.1, -0.05) is 11.6 Å². The number of hydrogen-bond donors (Lipinski definition) is 1. The Morgan fingerprint density at radius 3 is 2.46 bits per heavy atom. The van der Waals surface area contributed by atoms with Gasteiger partial charge in [0.05, 0.1) is 28.8 Å². The third-order valence-electron chi connectivity index (χ3n) is 3.91. The smallest absolute Gasteiger partial charge is 0.409 e. The van der Waals surface area contributed by atoms with Crippen molar-refractivity contribution < 1.29 is 22.7 Å². The molecule has 1 N–H and O–H groups in total. The fraction of sp³-hybridized carbons (Fsp3) is 0.500. The Hall–Kier alpha value is -1.84. The third kappa shape index (κ3) is 5.58. The molecule has 1 saturated heterocycles. The van der Waals surface area contributed by atoms with Crippen molar-refractivity contribution in [1.29, 1.82) is 0 Å². The van der Waals surface area contributed by atoms with Crippen molar-refractivity contribution in [1.82, 2.24) is 9.80 Å². The molecule has 144 valence electrons. The van der Waals surface area contributed by atoms with Crippen molar-refractivity contribution in [3.05, 3.63) is 23.2 Å². The third-order valence-corrected chi connectivity index (χ3v) is 5.35. The van der Waals surface area contributed by atoms with E-state index in [2.05, 4.69) is 5.32 Å². The summed E-state index contributed by atoms with van der Waals surface area (Å²) in [6, 6.07) is 4.17. The lowest BCUT2D eigenvalue weighted by molar-refractivity contribution is -0.117. The van der Waals surface area contributed by atoms with Crippen LogP contribution < -0.4 is 5.32 Å². The van der Waals surface area contributed by atoms with Gasteiger partial charge in [-0.15, -0.1) is 0 Å². The molecule has 0 spiro atoms. The summed E-state index contributed by atoms with van der Waals surface area (Å²) >= 11 is 6.04. The van der Waals surface area contributed by atoms with E-state index in [0.717, 1.165) is 6.26 Å². The van der Waals surface area contributed by atoms with E-state index >= 15 is 0 Å². The molecule has 0 atom stereocenters. The number of carbonyl (C=O) groups is 2. The summed E-state index contributed by atoms with van der Waals surface area (Å²) in [5.74, 6) is -0.304. The predicted octanol–water partition coefficient (Wildman–Crippen LogP) is 1.46. The van der Waals surface area contributed by atoms with Gasteiger partial charge in [0.2, 0.25) is 5.91 Å². The number of ether oxygens (including phenoxy) is 1. The molecule has 8 nitrogen and oxygen atoms in total. The van der Waals surface area contributed by atoms with Crippen LogP contribution in [0.3, 0.4) is 0 Å². The Morgan fingerprint density at radius 1 is 1.23 bits per heavy atom. The molecule has 0 unspecified atom stereocenters. The number of sulfone groups is 1. The van der Waals surface area contributed by atoms with Crippen molar-refractivity contribution in [3.8, 4) is 0 Å². The second kappa shape index (κ2) is 8.70. The van der Waals surface area contributed by atoms with E-state index in [4.69, 9.17) is 16.3 Å². The first kappa shape index (κ1) is 20.5. The fourth-order valence-electron chi connectivity index (χ4n) is 2.53. The molecule has 2 amide bonds. The van der Waals surface area contributed by atoms with Crippen LogP contribution >= 0.6 is 11.6 Å². The average molecular weight is 404 g/mol. The highest BCUT2D eigenvalue weighted by Crippen LogP contribution is 2.25. The van der Waals surface area contributed by atoms with Gasteiger partial charge in [-0.05, 0) is 25.1 Å². The summed E-state index contributed by atoms with van der Waals surface area (Å²) in [5, 5.41) is 2.90. The van der Waals surface area contributed by atoms with Gasteiger partial charge in [0.25, 0.3) is 0 Å². The molecule has 0 saturated carbocycles. The van der Waals surface area contributed by atoms with Crippen LogP contribution in [0.15, 0.2) is 23.1 Å². The Bertz CT molecular complexity index is 776. The van der Waals surface area contributed by atoms with Crippen LogP contribution in [0.2, 0.25) is 5.02 Å². The number of nitrogens with zero attached hydrogens (tertiary/aromatic N) is 2. The van der Waals surface area contributed by atoms with E-state index in [1.807, 2.05) is 4.90 Å². The largest absolute Gasteiger partial charge is 0.450 e. The van der Waals surface area contributed by atoms with E-state index in [-0.39, 0.29) is 34.2 Å². The maximum Gasteiger partial charge on any atom is 0.409 e. The Kier molecular flexibility index (Phi) is 6.85. The first-order valence-corrected chi connectivity index (χ1v) is 10.4. The number of benzene rings is 1. The fourth-order valence-corrected chi connectivity index (χ4v) is 3.34. The van der Waals surface area contributed by atoms with E-state index in [9.17, 15) is 18.0 Å². The second-order valence-corrected chi connectivity index (χ2v) is 8.35. The van der Waals surface area contributed by atoms with Crippen LogP contribution in [0.4, 0.5) is 10.5 Å². The predicted molar refractivity (Wildman–Crippen MR) is 98.2 cm³/mol. The monoisotopic (exact) mass is 403 g/mol. The van der Waals surface area contributed by atoms with Crippen molar-refractivity contribution in [3.63, 3.8) is 0 Å². The standard InChI is InChI=1S/C16H22ClN3O5S/c1-3-25-16(22)20-8-6-19(7-9-20)11-15(21)18-14-10-12(26(2,23)24)4-5-13(14)17/h4-5,10H,3,6-9,11H2,1-2H3,(H,18,21). The zero-order chi connectivity index (χ0) is 19.3. The summed E-state index contributed by atoms with van der Waals surface area (Å²) in [6.07, 6.45) is 0.742. The van der Waals surface area contributed by atoms with Gasteiger partial charge in [0.15, 0.2) is 9.84 Å². The summed E-state index contributed by atoms with van der Waals surface area (Å²) in [6.45, 7) is 4.26. The molecule has 1 fully saturated rings. The van der Waals surface area contributed by atoms with Crippen LogP contribution in [0.1, 0.15) is 6.92 Å². The average Bonchev–Trinajstić information content (AvgIpc) is 2.56. The molecule has 26 heavy (non-hydrogen) atoms. The molecule has 1 aliphatic heterocycles. The molecule has 1 aliphatic rings. The quantitative estimate of drug-likeness (QED) is 0.799. The van der Waals surface area contributed by atoms with Crippen LogP contribution in [-0.4, -0.2) is 75.8 Å². The van der Waals surface area contributed by atoms with E-state index in [1.54, 1.807) is 11.8 Å². The van der Waals surface area contributed by atoms with Crippen LogP contribution in [0.5, 0.6) is 0 Å². The zero-order valence-corrected chi connectivity index (χ0v) is 16.3. The lowest BCUT2D eigenvalue weighted by Crippen LogP contribution is -2.50. The minimum absolute atomic E-state index is 0.0836. The molecule has 1 aromatic rings. The molecule has 0 radical (unpaired) electrons. The Morgan fingerprint density at radius 2 is 1.88 bits per heavy atom. The number of nitrogens with one attached hydrogen (secondary N) is 1. The highest BCUT2D eigenvalue weighted by atomic mass is 35.5. The minimum Gasteiger partial charge on any atom is -0.450 e. The number of piperazine rings is 1. The molecular formula is C16H22ClN3O5S. The number of hydrogen-bond acceptors (Lipinski definition) is 6. The maximum absolute atomic E-state index is 12.2. The lowest BCUT2D eigenvalue weighted by atomic mass is 10.3. The summed E-state index contributed by atoms with van der Waals surface area (Å²) < 4.78 is 28.2. The maximum atomic E-state index is 12.2. The normalized spacial score (nSPS) is 15.6. The summed E-state index contributed by atoms with van der Waals surface area (Å²) in [7, 11) is -3.39. The van der Waals surface area contributed by atoms with Gasteiger partial charge < -0.3 is 15.0 Å². The van der Waals surface area contributed by atoms with Gasteiger partial charge in [0.1, 0.15) is 0 Å². The van der Waals surface area contributed by atoms with Crippen LogP contribution in [0.25, 0.3) is 0 Å². The number of anilines is 1. The van der Waals surface area contributed by atoms with Crippen LogP contribution in [0, 0.1) is 0 Å². The van der Waals surface area contributed by atoms with Gasteiger partial charge in [-0.3, -0.25) is 9.69 Å². The topological polar surface area (TPSA) is 96.0 Å². The molecule has 10 heteroatoms. The summed E-state index contributed by atoms with van der Waals surface area (Å²) in [5.41, 5.74) is 0.254. The van der Waals surface area contributed by atoms with Gasteiger partial charge in [0, 0.05) is 32.4 Å². The van der Waals surface area contributed by atoms with Gasteiger partial charge in [-0.2, -0.15) is 0 Å². The molecule has 0 bridgehead atoms. The SMILES string of the molecule is CCOC(=O)N1CCN(CC(=O)Nc2cc(S(C)(=O)=O)ccc2Cl)CC1. The number of amides is 2. The van der Waals surface area contributed by atoms with E-state index in [1.165, 1.54) is 18.2 Å².